The molecule has 6 bridgehead atoms. The van der Waals surface area contributed by atoms with Gasteiger partial charge in [0.25, 0.3) is 0 Å². The highest BCUT2D eigenvalue weighted by atomic mass is 16.6. The number of methoxy groups -OCH3 is 3. The van der Waals surface area contributed by atoms with Gasteiger partial charge in [-0.15, -0.1) is 0 Å². The first-order valence-corrected chi connectivity index (χ1v) is 18.5. The van der Waals surface area contributed by atoms with Crippen LogP contribution in [0, 0.1) is 0 Å². The number of rotatable bonds is 8. The molecule has 8 rings (SSSR count). The number of ether oxygens (including phenoxy) is 6. The van der Waals surface area contributed by atoms with Gasteiger partial charge in [0.1, 0.15) is 11.8 Å². The van der Waals surface area contributed by atoms with Crippen LogP contribution in [0.4, 0.5) is 0 Å². The lowest BCUT2D eigenvalue weighted by molar-refractivity contribution is -0.941. The van der Waals surface area contributed by atoms with Crippen LogP contribution in [0.1, 0.15) is 65.2 Å². The second kappa shape index (κ2) is 15.2. The molecule has 3 atom stereocenters. The van der Waals surface area contributed by atoms with E-state index < -0.39 is 11.9 Å². The first-order chi connectivity index (χ1) is 26.0. The topological polar surface area (TPSA) is 113 Å². The van der Waals surface area contributed by atoms with Crippen molar-refractivity contribution < 1.29 is 47.6 Å². The van der Waals surface area contributed by atoms with Crippen molar-refractivity contribution >= 4 is 11.9 Å². The van der Waals surface area contributed by atoms with E-state index in [4.69, 9.17) is 28.4 Å². The number of carboxylic acid groups (broad SMARTS) is 1. The molecule has 11 nitrogen and oxygen atoms in total. The zero-order valence-electron chi connectivity index (χ0n) is 31.9. The number of hydrogen-bond donors (Lipinski definition) is 1. The van der Waals surface area contributed by atoms with E-state index in [-0.39, 0.29) is 24.3 Å². The lowest BCUT2D eigenvalue weighted by Gasteiger charge is -2.46. The van der Waals surface area contributed by atoms with Crippen molar-refractivity contribution in [3.63, 3.8) is 0 Å². The number of benzene rings is 4. The summed E-state index contributed by atoms with van der Waals surface area (Å²) in [6.45, 7) is 3.70. The van der Waals surface area contributed by atoms with E-state index in [0.29, 0.717) is 70.5 Å². The van der Waals surface area contributed by atoms with Gasteiger partial charge in [-0.1, -0.05) is 18.2 Å². The number of carbonyl (C=O) groups excluding carboxylic acids is 1. The summed E-state index contributed by atoms with van der Waals surface area (Å²) in [6, 6.07) is 20.1. The molecule has 1 N–H and O–H groups in total. The molecule has 4 aliphatic heterocycles. The molecule has 0 saturated heterocycles. The molecular weight excluding hydrogens is 688 g/mol. The number of esters is 1. The zero-order chi connectivity index (χ0) is 38.1. The third-order valence-corrected chi connectivity index (χ3v) is 11.3. The highest BCUT2D eigenvalue weighted by Crippen LogP contribution is 2.52. The quantitative estimate of drug-likeness (QED) is 0.111. The Morgan fingerprint density at radius 3 is 2.26 bits per heavy atom. The van der Waals surface area contributed by atoms with Crippen LogP contribution in [0.3, 0.4) is 0 Å². The van der Waals surface area contributed by atoms with E-state index >= 15 is 0 Å². The Morgan fingerprint density at radius 2 is 1.56 bits per heavy atom. The first-order valence-electron chi connectivity index (χ1n) is 18.5. The molecule has 4 aliphatic rings. The molecule has 4 heterocycles. The van der Waals surface area contributed by atoms with Gasteiger partial charge >= 0.3 is 11.9 Å². The van der Waals surface area contributed by atoms with Crippen LogP contribution in [0.5, 0.6) is 46.0 Å². The largest absolute Gasteiger partial charge is 0.493 e. The predicted molar refractivity (Wildman–Crippen MR) is 203 cm³/mol. The number of hydrogen-bond acceptors (Lipinski definition) is 9. The SMILES string of the molecule is COc1ccc2cc1Oc1ccc(cc1)CC1c3cc(c(OC)cc3CC[N+]1(C)CCCC(=O)O)Oc1c(OC(C)=O)c(OC)cc3c1C(C2)N(C)CC3. The monoisotopic (exact) mass is 737 g/mol. The van der Waals surface area contributed by atoms with Gasteiger partial charge in [0, 0.05) is 49.9 Å². The molecule has 0 saturated carbocycles. The molecule has 0 radical (unpaired) electrons. The van der Waals surface area contributed by atoms with Crippen LogP contribution in [0.25, 0.3) is 0 Å². The highest BCUT2D eigenvalue weighted by molar-refractivity contribution is 5.74. The van der Waals surface area contributed by atoms with Crippen LogP contribution in [-0.2, 0) is 35.3 Å². The molecule has 0 spiro atoms. The predicted octanol–water partition coefficient (Wildman–Crippen LogP) is 7.46. The van der Waals surface area contributed by atoms with E-state index in [1.807, 2.05) is 36.4 Å². The molecule has 0 fully saturated rings. The van der Waals surface area contributed by atoms with E-state index in [9.17, 15) is 14.7 Å². The Balaban J connectivity index is 1.47. The smallest absolute Gasteiger partial charge is 0.308 e. The third-order valence-electron chi connectivity index (χ3n) is 11.3. The summed E-state index contributed by atoms with van der Waals surface area (Å²) >= 11 is 0. The van der Waals surface area contributed by atoms with Crippen molar-refractivity contribution in [3.05, 3.63) is 94.0 Å². The molecule has 54 heavy (non-hydrogen) atoms. The molecule has 0 aromatic heterocycles. The minimum atomic E-state index is -0.795. The van der Waals surface area contributed by atoms with Crippen LogP contribution in [0.2, 0.25) is 0 Å². The summed E-state index contributed by atoms with van der Waals surface area (Å²) in [7, 11) is 9.15. The third kappa shape index (κ3) is 7.30. The molecule has 4 aromatic carbocycles. The van der Waals surface area contributed by atoms with Crippen molar-refractivity contribution in [1.82, 2.24) is 4.90 Å². The molecular formula is C43H49N2O9+. The second-order valence-corrected chi connectivity index (χ2v) is 14.8. The van der Waals surface area contributed by atoms with Gasteiger partial charge < -0.3 is 38.0 Å². The average Bonchev–Trinajstić information content (AvgIpc) is 3.14. The Kier molecular flexibility index (Phi) is 10.5. The second-order valence-electron chi connectivity index (χ2n) is 14.8. The number of likely N-dealkylation sites (N-methyl/N-ethyl adjacent to an activating group) is 2. The fourth-order valence-electron chi connectivity index (χ4n) is 8.42. The summed E-state index contributed by atoms with van der Waals surface area (Å²) in [5.74, 6) is 2.71. The number of quaternary nitrogens is 1. The molecule has 284 valence electrons. The zero-order valence-corrected chi connectivity index (χ0v) is 31.9. The molecule has 11 heteroatoms. The van der Waals surface area contributed by atoms with E-state index in [1.165, 1.54) is 6.92 Å². The first kappa shape index (κ1) is 37.1. The average molecular weight is 738 g/mol. The van der Waals surface area contributed by atoms with E-state index in [2.05, 4.69) is 43.3 Å². The summed E-state index contributed by atoms with van der Waals surface area (Å²) in [5.41, 5.74) is 6.35. The minimum Gasteiger partial charge on any atom is -0.493 e. The Morgan fingerprint density at radius 1 is 0.852 bits per heavy atom. The van der Waals surface area contributed by atoms with Crippen LogP contribution in [0.15, 0.2) is 60.7 Å². The van der Waals surface area contributed by atoms with Crippen molar-refractivity contribution in [2.45, 2.75) is 57.5 Å². The summed E-state index contributed by atoms with van der Waals surface area (Å²) in [6.07, 6.45) is 3.48. The molecule has 4 aromatic rings. The van der Waals surface area contributed by atoms with Gasteiger partial charge in [-0.25, -0.2) is 0 Å². The maximum atomic E-state index is 12.7. The molecule has 0 amide bonds. The number of aliphatic carboxylic acids is 1. The lowest BCUT2D eigenvalue weighted by atomic mass is 9.85. The summed E-state index contributed by atoms with van der Waals surface area (Å²) in [4.78, 5) is 26.6. The highest BCUT2D eigenvalue weighted by Gasteiger charge is 2.41. The van der Waals surface area contributed by atoms with Gasteiger partial charge in [0.2, 0.25) is 5.75 Å². The van der Waals surface area contributed by atoms with Crippen LogP contribution in [-0.4, -0.2) is 81.5 Å². The van der Waals surface area contributed by atoms with Gasteiger partial charge in [0.05, 0.1) is 47.9 Å². The molecule has 0 aliphatic carbocycles. The van der Waals surface area contributed by atoms with Crippen molar-refractivity contribution in [2.75, 3.05) is 55.1 Å². The number of carboxylic acids is 1. The van der Waals surface area contributed by atoms with Crippen LogP contribution >= 0.6 is 0 Å². The van der Waals surface area contributed by atoms with E-state index in [0.717, 1.165) is 59.3 Å². The van der Waals surface area contributed by atoms with Gasteiger partial charge in [-0.05, 0) is 84.6 Å². The van der Waals surface area contributed by atoms with Crippen LogP contribution < -0.4 is 28.4 Å². The van der Waals surface area contributed by atoms with Gasteiger partial charge in [0.15, 0.2) is 34.5 Å². The van der Waals surface area contributed by atoms with Crippen molar-refractivity contribution in [2.24, 2.45) is 0 Å². The van der Waals surface area contributed by atoms with Gasteiger partial charge in [-0.2, -0.15) is 0 Å². The summed E-state index contributed by atoms with van der Waals surface area (Å²) in [5, 5.41) is 9.52. The minimum absolute atomic E-state index is 0.0238. The number of nitrogens with zero attached hydrogens (tertiary/aromatic N) is 2. The fourth-order valence-corrected chi connectivity index (χ4v) is 8.42. The number of fused-ring (bicyclic) bond motifs is 2. The summed E-state index contributed by atoms with van der Waals surface area (Å²) < 4.78 is 37.8. The lowest BCUT2D eigenvalue weighted by Crippen LogP contribution is -2.52. The fraction of sp³-hybridized carbons (Fsp3) is 0.395. The Hall–Kier alpha value is -5.26. The Labute approximate surface area is 316 Å². The Bertz CT molecular complexity index is 2060. The standard InChI is InChI=1S/C43H48N2O9/c1-26(46)52-42-39(51-6)24-30-15-17-44(2)33-20-28-11-14-35(49-4)37(22-28)53-31-12-9-27(10-13-31)21-34-32-25-38(54-43(42)41(30)33)36(50-5)23-29(32)16-19-45(34,3)18-7-8-40(47)48/h9-14,22-25,33-34H,7-8,15-21H2,1-6H3/p+1. The van der Waals surface area contributed by atoms with Crippen molar-refractivity contribution in [3.8, 4) is 46.0 Å². The normalized spacial score (nSPS) is 20.3. The number of carbonyl (C=O) groups is 2. The van der Waals surface area contributed by atoms with Gasteiger partial charge in [-0.3, -0.25) is 14.5 Å². The maximum absolute atomic E-state index is 12.7. The maximum Gasteiger partial charge on any atom is 0.308 e. The van der Waals surface area contributed by atoms with E-state index in [1.54, 1.807) is 21.3 Å². The van der Waals surface area contributed by atoms with Crippen molar-refractivity contribution in [1.29, 1.82) is 0 Å². The molecule has 3 unspecified atom stereocenters.